The lowest BCUT2D eigenvalue weighted by atomic mass is 9.69. The first-order valence-corrected chi connectivity index (χ1v) is 17.4. The van der Waals surface area contributed by atoms with Gasteiger partial charge in [0.2, 0.25) is 26.0 Å². The number of nitrogens with zero attached hydrogens (tertiary/aromatic N) is 1. The molecule has 2 aliphatic carbocycles. The molecule has 1 amide bonds. The fraction of sp³-hybridized carbons (Fsp3) is 0.469. The molecule has 1 saturated heterocycles. The van der Waals surface area contributed by atoms with Gasteiger partial charge in [0.1, 0.15) is 0 Å². The van der Waals surface area contributed by atoms with E-state index in [0.29, 0.717) is 18.8 Å². The summed E-state index contributed by atoms with van der Waals surface area (Å²) < 4.78 is 58.5. The second-order valence-electron chi connectivity index (χ2n) is 12.5. The van der Waals surface area contributed by atoms with Crippen molar-refractivity contribution in [3.05, 3.63) is 84.5 Å². The average Bonchev–Trinajstić information content (AvgIpc) is 3.40. The topological polar surface area (TPSA) is 101 Å². The highest BCUT2D eigenvalue weighted by atomic mass is 32.2. The summed E-state index contributed by atoms with van der Waals surface area (Å²) in [6.07, 6.45) is 8.22. The van der Waals surface area contributed by atoms with Crippen molar-refractivity contribution in [3.8, 4) is 0 Å². The van der Waals surface area contributed by atoms with Gasteiger partial charge < -0.3 is 0 Å². The molecule has 3 unspecified atom stereocenters. The van der Waals surface area contributed by atoms with Crippen LogP contribution >= 0.6 is 0 Å². The summed E-state index contributed by atoms with van der Waals surface area (Å²) in [7, 11) is -7.90. The van der Waals surface area contributed by atoms with Crippen LogP contribution in [0.1, 0.15) is 57.1 Å². The van der Waals surface area contributed by atoms with Crippen LogP contribution in [0.3, 0.4) is 0 Å². The van der Waals surface area contributed by atoms with Crippen LogP contribution in [-0.4, -0.2) is 44.9 Å². The van der Waals surface area contributed by atoms with E-state index in [1.165, 1.54) is 12.1 Å². The van der Waals surface area contributed by atoms with Crippen molar-refractivity contribution in [2.45, 2.75) is 69.9 Å². The van der Waals surface area contributed by atoms with Crippen molar-refractivity contribution in [1.29, 1.82) is 0 Å². The van der Waals surface area contributed by atoms with E-state index < -0.39 is 49.4 Å². The van der Waals surface area contributed by atoms with Crippen LogP contribution < -0.4 is 4.72 Å². The SMILES string of the molecule is C=CCC[C@H](C(=O)N1C2CC3CCC2(CS1(=O)=O)C3(C)C)[C@@H](/C=C/c1ccccc1)NS(=O)(=O)c1ccc(C)cc1. The van der Waals surface area contributed by atoms with Gasteiger partial charge in [-0.15, -0.1) is 6.58 Å². The van der Waals surface area contributed by atoms with Crippen molar-refractivity contribution in [1.82, 2.24) is 9.03 Å². The van der Waals surface area contributed by atoms with Gasteiger partial charge in [-0.25, -0.2) is 25.9 Å². The number of sulfonamides is 2. The summed E-state index contributed by atoms with van der Waals surface area (Å²) in [5.74, 6) is -1.15. The number of nitrogens with one attached hydrogen (secondary N) is 1. The third-order valence-corrected chi connectivity index (χ3v) is 13.4. The molecule has 1 spiro atoms. The standard InChI is InChI=1S/C32H40N2O5S2/c1-5-6-12-27(30(35)34-29-21-25-19-20-32(29,31(25,3)4)22-40(34,36)37)28(18-15-24-10-8-7-9-11-24)33-41(38,39)26-16-13-23(2)14-17-26/h5,7-11,13-18,25,27-29,33H,1,6,12,19-22H2,2-4H3/b18-15+/t25?,27-,28+,29?,32?/m0/s1. The predicted molar refractivity (Wildman–Crippen MR) is 162 cm³/mol. The monoisotopic (exact) mass is 596 g/mol. The maximum Gasteiger partial charge on any atom is 0.241 e. The Bertz CT molecular complexity index is 1550. The summed E-state index contributed by atoms with van der Waals surface area (Å²) in [5, 5.41) is 0. The van der Waals surface area contributed by atoms with Crippen LogP contribution in [0.4, 0.5) is 0 Å². The number of fused-ring (bicyclic) bond motifs is 1. The maximum absolute atomic E-state index is 14.5. The Morgan fingerprint density at radius 3 is 2.46 bits per heavy atom. The number of hydrogen-bond acceptors (Lipinski definition) is 5. The summed E-state index contributed by atoms with van der Waals surface area (Å²) in [4.78, 5) is 14.5. The summed E-state index contributed by atoms with van der Waals surface area (Å²) in [6.45, 7) is 9.96. The molecule has 3 aliphatic rings. The molecule has 5 atom stereocenters. The van der Waals surface area contributed by atoms with E-state index in [-0.39, 0.29) is 22.5 Å². The molecule has 2 bridgehead atoms. The van der Waals surface area contributed by atoms with E-state index in [1.54, 1.807) is 30.4 Å². The van der Waals surface area contributed by atoms with Crippen molar-refractivity contribution < 1.29 is 21.6 Å². The maximum atomic E-state index is 14.5. The predicted octanol–water partition coefficient (Wildman–Crippen LogP) is 5.30. The van der Waals surface area contributed by atoms with Crippen LogP contribution in [0.2, 0.25) is 0 Å². The number of carbonyl (C=O) groups excluding carboxylic acids is 1. The van der Waals surface area contributed by atoms with E-state index in [9.17, 15) is 21.6 Å². The van der Waals surface area contributed by atoms with Gasteiger partial charge in [0.25, 0.3) is 0 Å². The van der Waals surface area contributed by atoms with Gasteiger partial charge in [-0.2, -0.15) is 0 Å². The molecule has 0 radical (unpaired) electrons. The molecule has 3 fully saturated rings. The quantitative estimate of drug-likeness (QED) is 0.375. The normalized spacial score (nSPS) is 27.5. The Labute approximate surface area is 244 Å². The van der Waals surface area contributed by atoms with E-state index in [0.717, 1.165) is 28.3 Å². The zero-order valence-electron chi connectivity index (χ0n) is 24.0. The molecule has 2 aromatic rings. The van der Waals surface area contributed by atoms with Crippen LogP contribution in [-0.2, 0) is 24.8 Å². The lowest BCUT2D eigenvalue weighted by molar-refractivity contribution is -0.133. The molecular weight excluding hydrogens is 556 g/mol. The van der Waals surface area contributed by atoms with E-state index in [1.807, 2.05) is 37.3 Å². The fourth-order valence-electron chi connectivity index (χ4n) is 7.50. The molecule has 1 aliphatic heterocycles. The molecular formula is C32H40N2O5S2. The Hall–Kier alpha value is -2.75. The number of allylic oxidation sites excluding steroid dienone is 1. The number of carbonyl (C=O) groups is 1. The number of amides is 1. The molecule has 0 aromatic heterocycles. The first-order chi connectivity index (χ1) is 19.3. The third kappa shape index (κ3) is 5.21. The smallest absolute Gasteiger partial charge is 0.241 e. The minimum Gasteiger partial charge on any atom is -0.273 e. The van der Waals surface area contributed by atoms with E-state index >= 15 is 0 Å². The number of hydrogen-bond donors (Lipinski definition) is 1. The van der Waals surface area contributed by atoms with Gasteiger partial charge in [-0.3, -0.25) is 4.79 Å². The minimum absolute atomic E-state index is 0.0340. The first kappa shape index (κ1) is 29.7. The van der Waals surface area contributed by atoms with Crippen LogP contribution in [0.25, 0.3) is 6.08 Å². The van der Waals surface area contributed by atoms with Gasteiger partial charge in [0.15, 0.2) is 0 Å². The van der Waals surface area contributed by atoms with E-state index in [4.69, 9.17) is 0 Å². The lowest BCUT2D eigenvalue weighted by Crippen LogP contribution is -2.51. The van der Waals surface area contributed by atoms with Crippen molar-refractivity contribution >= 4 is 32.0 Å². The van der Waals surface area contributed by atoms with Crippen LogP contribution in [0.15, 0.2) is 78.2 Å². The molecule has 2 saturated carbocycles. The van der Waals surface area contributed by atoms with Crippen molar-refractivity contribution in [3.63, 3.8) is 0 Å². The second-order valence-corrected chi connectivity index (χ2v) is 16.0. The highest BCUT2D eigenvalue weighted by molar-refractivity contribution is 7.90. The van der Waals surface area contributed by atoms with Crippen molar-refractivity contribution in [2.75, 3.05) is 5.75 Å². The number of aryl methyl sites for hydroxylation is 1. The molecule has 7 nitrogen and oxygen atoms in total. The lowest BCUT2D eigenvalue weighted by Gasteiger charge is -2.38. The Morgan fingerprint density at radius 1 is 1.15 bits per heavy atom. The molecule has 41 heavy (non-hydrogen) atoms. The summed E-state index contributed by atoms with van der Waals surface area (Å²) >= 11 is 0. The third-order valence-electron chi connectivity index (χ3n) is 9.98. The minimum atomic E-state index is -4.03. The highest BCUT2D eigenvalue weighted by Crippen LogP contribution is 2.70. The van der Waals surface area contributed by atoms with Crippen LogP contribution in [0.5, 0.6) is 0 Å². The molecule has 5 rings (SSSR count). The Morgan fingerprint density at radius 2 is 1.83 bits per heavy atom. The molecule has 220 valence electrons. The zero-order valence-corrected chi connectivity index (χ0v) is 25.6. The number of benzene rings is 2. The van der Waals surface area contributed by atoms with Gasteiger partial charge in [-0.05, 0) is 68.1 Å². The largest absolute Gasteiger partial charge is 0.273 e. The molecule has 1 N–H and O–H groups in total. The van der Waals surface area contributed by atoms with E-state index in [2.05, 4.69) is 25.1 Å². The first-order valence-electron chi connectivity index (χ1n) is 14.3. The summed E-state index contributed by atoms with van der Waals surface area (Å²) in [6, 6.07) is 14.5. The van der Waals surface area contributed by atoms with Crippen molar-refractivity contribution in [2.24, 2.45) is 22.7 Å². The van der Waals surface area contributed by atoms with Gasteiger partial charge in [-0.1, -0.05) is 80.1 Å². The van der Waals surface area contributed by atoms with Gasteiger partial charge >= 0.3 is 0 Å². The number of rotatable bonds is 10. The summed E-state index contributed by atoms with van der Waals surface area (Å²) in [5.41, 5.74) is 1.11. The van der Waals surface area contributed by atoms with Crippen LogP contribution in [0, 0.1) is 29.6 Å². The second kappa shape index (κ2) is 10.8. The molecule has 1 heterocycles. The molecule has 9 heteroatoms. The zero-order chi connectivity index (χ0) is 29.6. The average molecular weight is 597 g/mol. The Kier molecular flexibility index (Phi) is 7.85. The Balaban J connectivity index is 1.55. The van der Waals surface area contributed by atoms with Gasteiger partial charge in [0.05, 0.1) is 28.6 Å². The highest BCUT2D eigenvalue weighted by Gasteiger charge is 2.72. The molecule has 2 aromatic carbocycles. The van der Waals surface area contributed by atoms with Gasteiger partial charge in [0, 0.05) is 5.41 Å². The fourth-order valence-corrected chi connectivity index (χ4v) is 11.3.